The van der Waals surface area contributed by atoms with E-state index in [0.29, 0.717) is 5.57 Å². The Labute approximate surface area is 116 Å². The third kappa shape index (κ3) is 6.55. The zero-order valence-electron chi connectivity index (χ0n) is 11.3. The molecule has 0 unspecified atom stereocenters. The highest BCUT2D eigenvalue weighted by Gasteiger charge is 2.48. The molecular formula is C12H16F3NO3S. The molecule has 0 bridgehead atoms. The Morgan fingerprint density at radius 1 is 1.30 bits per heavy atom. The van der Waals surface area contributed by atoms with Crippen molar-refractivity contribution in [1.82, 2.24) is 0 Å². The fourth-order valence-electron chi connectivity index (χ4n) is 0.950. The maximum atomic E-state index is 12.1. The van der Waals surface area contributed by atoms with Crippen molar-refractivity contribution in [3.8, 4) is 0 Å². The summed E-state index contributed by atoms with van der Waals surface area (Å²) in [6.07, 6.45) is 8.83. The molecule has 0 N–H and O–H groups in total. The molecule has 0 aromatic rings. The van der Waals surface area contributed by atoms with Gasteiger partial charge in [-0.15, -0.1) is 0 Å². The van der Waals surface area contributed by atoms with Crippen molar-refractivity contribution in [2.24, 2.45) is 4.99 Å². The SMILES string of the molecule is CC\C=C/C=C\C(C)=C\C(=NC)OS(=O)(=O)C(F)(F)F. The minimum absolute atomic E-state index is 0.490. The minimum atomic E-state index is -5.70. The molecule has 0 aromatic carbocycles. The zero-order valence-corrected chi connectivity index (χ0v) is 12.1. The Morgan fingerprint density at radius 3 is 2.35 bits per heavy atom. The Hall–Kier alpha value is -1.57. The fraction of sp³-hybridized carbons (Fsp3) is 0.417. The van der Waals surface area contributed by atoms with E-state index in [1.807, 2.05) is 13.0 Å². The van der Waals surface area contributed by atoms with Gasteiger partial charge in [0, 0.05) is 13.1 Å². The predicted octanol–water partition coefficient (Wildman–Crippen LogP) is 3.35. The standard InChI is InChI=1S/C12H16F3NO3S/c1-4-5-6-7-8-10(2)9-11(16-3)19-20(17,18)12(13,14)15/h5-9H,4H2,1-3H3/b6-5-,8-7-,10-9+,16-11?. The van der Waals surface area contributed by atoms with Gasteiger partial charge in [0.25, 0.3) is 0 Å². The molecule has 0 heterocycles. The number of halogens is 3. The van der Waals surface area contributed by atoms with Gasteiger partial charge in [-0.2, -0.15) is 21.6 Å². The first-order valence-corrected chi connectivity index (χ1v) is 7.04. The maximum Gasteiger partial charge on any atom is 0.534 e. The van der Waals surface area contributed by atoms with Crippen LogP contribution in [0.2, 0.25) is 0 Å². The van der Waals surface area contributed by atoms with Gasteiger partial charge < -0.3 is 4.18 Å². The van der Waals surface area contributed by atoms with Crippen LogP contribution in [-0.2, 0) is 14.3 Å². The zero-order chi connectivity index (χ0) is 15.8. The predicted molar refractivity (Wildman–Crippen MR) is 71.7 cm³/mol. The highest BCUT2D eigenvalue weighted by atomic mass is 32.2. The highest BCUT2D eigenvalue weighted by Crippen LogP contribution is 2.25. The molecule has 0 aromatic heterocycles. The van der Waals surface area contributed by atoms with Crippen LogP contribution in [0.25, 0.3) is 0 Å². The lowest BCUT2D eigenvalue weighted by molar-refractivity contribution is -0.0504. The molecule has 0 aliphatic rings. The molecule has 0 spiro atoms. The summed E-state index contributed by atoms with van der Waals surface area (Å²) in [7, 11) is -4.57. The lowest BCUT2D eigenvalue weighted by Crippen LogP contribution is -2.27. The molecule has 0 radical (unpaired) electrons. The average Bonchev–Trinajstić information content (AvgIpc) is 2.32. The van der Waals surface area contributed by atoms with Crippen LogP contribution >= 0.6 is 0 Å². The number of hydrogen-bond donors (Lipinski definition) is 0. The summed E-state index contributed by atoms with van der Waals surface area (Å²) in [5.74, 6) is -0.635. The molecule has 0 aliphatic carbocycles. The molecule has 0 amide bonds. The van der Waals surface area contributed by atoms with Crippen molar-refractivity contribution in [2.45, 2.75) is 25.8 Å². The summed E-state index contributed by atoms with van der Waals surface area (Å²) in [5.41, 5.74) is -4.99. The van der Waals surface area contributed by atoms with E-state index in [4.69, 9.17) is 0 Å². The lowest BCUT2D eigenvalue weighted by Gasteiger charge is -2.08. The molecule has 0 aliphatic heterocycles. The number of hydrogen-bond acceptors (Lipinski definition) is 4. The molecule has 114 valence electrons. The summed E-state index contributed by atoms with van der Waals surface area (Å²) in [6.45, 7) is 3.52. The number of alkyl halides is 3. The highest BCUT2D eigenvalue weighted by molar-refractivity contribution is 7.88. The number of nitrogens with zero attached hydrogens (tertiary/aromatic N) is 1. The van der Waals surface area contributed by atoms with Crippen molar-refractivity contribution >= 4 is 16.0 Å². The first-order chi connectivity index (χ1) is 9.14. The van der Waals surface area contributed by atoms with Crippen LogP contribution in [-0.4, -0.2) is 26.9 Å². The van der Waals surface area contributed by atoms with Gasteiger partial charge in [0.15, 0.2) is 0 Å². The van der Waals surface area contributed by atoms with E-state index < -0.39 is 21.5 Å². The van der Waals surface area contributed by atoms with E-state index in [9.17, 15) is 21.6 Å². The molecule has 0 atom stereocenters. The Kier molecular flexibility index (Phi) is 7.26. The van der Waals surface area contributed by atoms with Gasteiger partial charge in [0.1, 0.15) is 0 Å². The fourth-order valence-corrected chi connectivity index (χ4v) is 1.39. The van der Waals surface area contributed by atoms with Gasteiger partial charge >= 0.3 is 15.6 Å². The Morgan fingerprint density at radius 2 is 1.90 bits per heavy atom. The Bertz CT molecular complexity index is 529. The number of allylic oxidation sites excluding steroid dienone is 5. The molecule has 0 fully saturated rings. The van der Waals surface area contributed by atoms with Crippen molar-refractivity contribution < 1.29 is 25.8 Å². The molecule has 0 rings (SSSR count). The molecule has 0 saturated carbocycles. The van der Waals surface area contributed by atoms with Gasteiger partial charge in [-0.05, 0) is 18.9 Å². The molecule has 0 saturated heterocycles. The van der Waals surface area contributed by atoms with Crippen LogP contribution in [0.15, 0.2) is 40.9 Å². The molecule has 4 nitrogen and oxygen atoms in total. The molecular weight excluding hydrogens is 295 g/mol. The Balaban J connectivity index is 4.98. The summed E-state index contributed by atoms with van der Waals surface area (Å²) >= 11 is 0. The van der Waals surface area contributed by atoms with E-state index in [1.54, 1.807) is 25.2 Å². The van der Waals surface area contributed by atoms with E-state index in [-0.39, 0.29) is 0 Å². The number of rotatable bonds is 5. The van der Waals surface area contributed by atoms with Gasteiger partial charge in [0.05, 0.1) is 0 Å². The van der Waals surface area contributed by atoms with Gasteiger partial charge in [-0.1, -0.05) is 31.2 Å². The van der Waals surface area contributed by atoms with Crippen molar-refractivity contribution in [3.63, 3.8) is 0 Å². The summed E-state index contributed by atoms with van der Waals surface area (Å²) < 4.78 is 62.0. The second-order valence-electron chi connectivity index (χ2n) is 3.63. The van der Waals surface area contributed by atoms with Gasteiger partial charge in [-0.3, -0.25) is 4.99 Å². The normalized spacial score (nSPS) is 15.3. The summed E-state index contributed by atoms with van der Waals surface area (Å²) in [4.78, 5) is 3.36. The maximum absolute atomic E-state index is 12.1. The third-order valence-electron chi connectivity index (χ3n) is 1.89. The van der Waals surface area contributed by atoms with E-state index in [2.05, 4.69) is 9.18 Å². The molecule has 20 heavy (non-hydrogen) atoms. The average molecular weight is 311 g/mol. The van der Waals surface area contributed by atoms with Gasteiger partial charge in [0.2, 0.25) is 5.90 Å². The smallest absolute Gasteiger partial charge is 0.356 e. The topological polar surface area (TPSA) is 55.7 Å². The van der Waals surface area contributed by atoms with Crippen molar-refractivity contribution in [1.29, 1.82) is 0 Å². The van der Waals surface area contributed by atoms with Crippen LogP contribution in [0.5, 0.6) is 0 Å². The first kappa shape index (κ1) is 18.4. The largest absolute Gasteiger partial charge is 0.534 e. The minimum Gasteiger partial charge on any atom is -0.356 e. The second kappa shape index (κ2) is 7.88. The van der Waals surface area contributed by atoms with Crippen LogP contribution < -0.4 is 0 Å². The second-order valence-corrected chi connectivity index (χ2v) is 5.17. The summed E-state index contributed by atoms with van der Waals surface area (Å²) in [5, 5.41) is 0. The number of aliphatic imine (C=N–C) groups is 1. The van der Waals surface area contributed by atoms with Crippen LogP contribution in [0.4, 0.5) is 13.2 Å². The third-order valence-corrected chi connectivity index (χ3v) is 2.85. The van der Waals surface area contributed by atoms with Crippen LogP contribution in [0, 0.1) is 0 Å². The summed E-state index contributed by atoms with van der Waals surface area (Å²) in [6, 6.07) is 0. The van der Waals surface area contributed by atoms with Gasteiger partial charge in [-0.25, -0.2) is 0 Å². The van der Waals surface area contributed by atoms with Crippen molar-refractivity contribution in [2.75, 3.05) is 7.05 Å². The van der Waals surface area contributed by atoms with Crippen molar-refractivity contribution in [3.05, 3.63) is 36.0 Å². The van der Waals surface area contributed by atoms with E-state index in [1.165, 1.54) is 0 Å². The van der Waals surface area contributed by atoms with Crippen LogP contribution in [0.3, 0.4) is 0 Å². The first-order valence-electron chi connectivity index (χ1n) is 5.63. The van der Waals surface area contributed by atoms with Crippen LogP contribution in [0.1, 0.15) is 20.3 Å². The van der Waals surface area contributed by atoms with E-state index >= 15 is 0 Å². The quantitative estimate of drug-likeness (QED) is 0.257. The van der Waals surface area contributed by atoms with E-state index in [0.717, 1.165) is 19.5 Å². The lowest BCUT2D eigenvalue weighted by atomic mass is 10.2. The molecule has 8 heteroatoms. The monoisotopic (exact) mass is 311 g/mol.